The second-order valence-electron chi connectivity index (χ2n) is 8.19. The van der Waals surface area contributed by atoms with E-state index in [-0.39, 0.29) is 36.4 Å². The number of esters is 1. The van der Waals surface area contributed by atoms with Crippen LogP contribution in [0.3, 0.4) is 0 Å². The maximum absolute atomic E-state index is 12.9. The van der Waals surface area contributed by atoms with E-state index in [0.717, 1.165) is 25.7 Å². The van der Waals surface area contributed by atoms with Crippen LogP contribution in [0.1, 0.15) is 46.0 Å². The van der Waals surface area contributed by atoms with E-state index in [1.807, 2.05) is 18.7 Å². The van der Waals surface area contributed by atoms with Crippen LogP contribution in [0.25, 0.3) is 0 Å². The van der Waals surface area contributed by atoms with Crippen LogP contribution in [-0.4, -0.2) is 48.2 Å². The molecule has 0 aromatic rings. The topological polar surface area (TPSA) is 66.8 Å². The van der Waals surface area contributed by atoms with Crippen molar-refractivity contribution in [2.24, 2.45) is 29.1 Å². The van der Waals surface area contributed by atoms with Gasteiger partial charge in [0.15, 0.2) is 0 Å². The fourth-order valence-corrected chi connectivity index (χ4v) is 5.21. The molecule has 3 aliphatic rings. The number of aliphatic hydroxyl groups excluding tert-OH is 1. The van der Waals surface area contributed by atoms with Crippen LogP contribution in [0.5, 0.6) is 0 Å². The summed E-state index contributed by atoms with van der Waals surface area (Å²) in [7, 11) is 1.46. The fourth-order valence-electron chi connectivity index (χ4n) is 5.21. The van der Waals surface area contributed by atoms with Gasteiger partial charge in [0.1, 0.15) is 0 Å². The highest BCUT2D eigenvalue weighted by Gasteiger charge is 2.54. The molecule has 5 heteroatoms. The molecule has 3 atom stereocenters. The first-order valence-electron chi connectivity index (χ1n) is 8.89. The van der Waals surface area contributed by atoms with E-state index in [0.29, 0.717) is 18.4 Å². The number of methoxy groups -OCH3 is 1. The minimum atomic E-state index is -0.484. The molecule has 1 aliphatic heterocycles. The largest absolute Gasteiger partial charge is 0.469 e. The molecular formula is C18H29NO4. The molecule has 1 amide bonds. The molecule has 2 saturated carbocycles. The number of carbonyl (C=O) groups excluding carboxylic acids is 2. The standard InChI is InChI=1S/C18H29NO4/c1-18(2)14(10-20)9-19(17(18)22)15-11-5-4-6-12(15)8-13(7-11)16(21)23-3/h11-15,20H,4-10H2,1-3H3. The lowest BCUT2D eigenvalue weighted by Crippen LogP contribution is -2.53. The number of amides is 1. The SMILES string of the molecule is COC(=O)C1CC2CCCC(C1)C2N1CC(CO)C(C)(C)C1=O. The first-order valence-corrected chi connectivity index (χ1v) is 8.89. The van der Waals surface area contributed by atoms with Crippen LogP contribution in [-0.2, 0) is 14.3 Å². The Labute approximate surface area is 138 Å². The molecule has 0 spiro atoms. The summed E-state index contributed by atoms with van der Waals surface area (Å²) in [4.78, 5) is 26.9. The summed E-state index contributed by atoms with van der Waals surface area (Å²) < 4.78 is 4.95. The summed E-state index contributed by atoms with van der Waals surface area (Å²) in [6, 6.07) is 0.244. The van der Waals surface area contributed by atoms with Crippen molar-refractivity contribution in [2.75, 3.05) is 20.3 Å². The van der Waals surface area contributed by atoms with Crippen molar-refractivity contribution in [3.63, 3.8) is 0 Å². The molecule has 1 N–H and O–H groups in total. The molecule has 2 bridgehead atoms. The van der Waals surface area contributed by atoms with Crippen LogP contribution in [0.4, 0.5) is 0 Å². The number of likely N-dealkylation sites (tertiary alicyclic amines) is 1. The quantitative estimate of drug-likeness (QED) is 0.805. The van der Waals surface area contributed by atoms with E-state index in [1.165, 1.54) is 13.5 Å². The molecule has 3 rings (SSSR count). The minimum Gasteiger partial charge on any atom is -0.469 e. The first-order chi connectivity index (χ1) is 10.9. The van der Waals surface area contributed by atoms with E-state index in [9.17, 15) is 14.7 Å². The van der Waals surface area contributed by atoms with Gasteiger partial charge < -0.3 is 14.7 Å². The van der Waals surface area contributed by atoms with Crippen molar-refractivity contribution in [1.82, 2.24) is 4.90 Å². The minimum absolute atomic E-state index is 0.00839. The number of ether oxygens (including phenoxy) is 1. The monoisotopic (exact) mass is 323 g/mol. The number of carbonyl (C=O) groups is 2. The summed E-state index contributed by atoms with van der Waals surface area (Å²) in [5, 5.41) is 9.65. The van der Waals surface area contributed by atoms with Gasteiger partial charge in [0, 0.05) is 25.1 Å². The third kappa shape index (κ3) is 2.67. The van der Waals surface area contributed by atoms with Gasteiger partial charge in [-0.2, -0.15) is 0 Å². The van der Waals surface area contributed by atoms with Crippen molar-refractivity contribution >= 4 is 11.9 Å². The summed E-state index contributed by atoms with van der Waals surface area (Å²) in [6.07, 6.45) is 5.03. The van der Waals surface area contributed by atoms with E-state index in [4.69, 9.17) is 4.74 Å². The highest BCUT2D eigenvalue weighted by Crippen LogP contribution is 2.49. The molecule has 0 radical (unpaired) electrons. The van der Waals surface area contributed by atoms with Crippen molar-refractivity contribution < 1.29 is 19.4 Å². The van der Waals surface area contributed by atoms with Crippen molar-refractivity contribution in [1.29, 1.82) is 0 Å². The first kappa shape index (κ1) is 16.7. The second kappa shape index (κ2) is 6.08. The van der Waals surface area contributed by atoms with Gasteiger partial charge in [0.05, 0.1) is 18.4 Å². The maximum atomic E-state index is 12.9. The molecule has 1 saturated heterocycles. The van der Waals surface area contributed by atoms with Gasteiger partial charge >= 0.3 is 5.97 Å². The Balaban J connectivity index is 1.81. The molecular weight excluding hydrogens is 294 g/mol. The van der Waals surface area contributed by atoms with Gasteiger partial charge in [-0.1, -0.05) is 20.3 Å². The lowest BCUT2D eigenvalue weighted by Gasteiger charge is -2.49. The molecule has 2 aliphatic carbocycles. The number of nitrogens with zero attached hydrogens (tertiary/aromatic N) is 1. The predicted octanol–water partition coefficient (Wildman–Crippen LogP) is 1.83. The van der Waals surface area contributed by atoms with Crippen LogP contribution < -0.4 is 0 Å². The number of aliphatic hydroxyl groups is 1. The summed E-state index contributed by atoms with van der Waals surface area (Å²) in [5.74, 6) is 0.865. The highest BCUT2D eigenvalue weighted by molar-refractivity contribution is 5.85. The average molecular weight is 323 g/mol. The van der Waals surface area contributed by atoms with Crippen LogP contribution >= 0.6 is 0 Å². The Hall–Kier alpha value is -1.10. The summed E-state index contributed by atoms with van der Waals surface area (Å²) in [5.41, 5.74) is -0.484. The third-order valence-corrected chi connectivity index (χ3v) is 6.65. The Morgan fingerprint density at radius 2 is 1.91 bits per heavy atom. The number of fused-ring (bicyclic) bond motifs is 2. The fraction of sp³-hybridized carbons (Fsp3) is 0.889. The Morgan fingerprint density at radius 3 is 2.39 bits per heavy atom. The van der Waals surface area contributed by atoms with Crippen LogP contribution in [0.2, 0.25) is 0 Å². The molecule has 5 nitrogen and oxygen atoms in total. The van der Waals surface area contributed by atoms with E-state index in [1.54, 1.807) is 0 Å². The van der Waals surface area contributed by atoms with Crippen molar-refractivity contribution in [3.8, 4) is 0 Å². The average Bonchev–Trinajstić information content (AvgIpc) is 2.75. The zero-order chi connectivity index (χ0) is 16.8. The maximum Gasteiger partial charge on any atom is 0.308 e. The lowest BCUT2D eigenvalue weighted by atomic mass is 9.64. The summed E-state index contributed by atoms with van der Waals surface area (Å²) >= 11 is 0. The van der Waals surface area contributed by atoms with E-state index in [2.05, 4.69) is 0 Å². The van der Waals surface area contributed by atoms with Gasteiger partial charge in [0.25, 0.3) is 0 Å². The van der Waals surface area contributed by atoms with Gasteiger partial charge in [-0.3, -0.25) is 9.59 Å². The number of hydrogen-bond acceptors (Lipinski definition) is 4. The zero-order valence-electron chi connectivity index (χ0n) is 14.5. The third-order valence-electron chi connectivity index (χ3n) is 6.65. The Bertz CT molecular complexity index is 475. The van der Waals surface area contributed by atoms with Gasteiger partial charge in [-0.25, -0.2) is 0 Å². The molecule has 0 aromatic heterocycles. The van der Waals surface area contributed by atoms with Gasteiger partial charge in [-0.05, 0) is 37.5 Å². The summed E-state index contributed by atoms with van der Waals surface area (Å²) in [6.45, 7) is 4.61. The molecule has 1 heterocycles. The Kier molecular flexibility index (Phi) is 4.43. The van der Waals surface area contributed by atoms with Crippen molar-refractivity contribution in [2.45, 2.75) is 52.0 Å². The van der Waals surface area contributed by atoms with E-state index >= 15 is 0 Å². The van der Waals surface area contributed by atoms with Crippen molar-refractivity contribution in [3.05, 3.63) is 0 Å². The second-order valence-corrected chi connectivity index (χ2v) is 8.19. The predicted molar refractivity (Wildman–Crippen MR) is 85.4 cm³/mol. The lowest BCUT2D eigenvalue weighted by molar-refractivity contribution is -0.151. The molecule has 23 heavy (non-hydrogen) atoms. The van der Waals surface area contributed by atoms with E-state index < -0.39 is 5.41 Å². The number of rotatable bonds is 3. The van der Waals surface area contributed by atoms with Crippen LogP contribution in [0.15, 0.2) is 0 Å². The molecule has 0 aromatic carbocycles. The molecule has 3 unspecified atom stereocenters. The van der Waals surface area contributed by atoms with Gasteiger partial charge in [0.2, 0.25) is 5.91 Å². The van der Waals surface area contributed by atoms with Gasteiger partial charge in [-0.15, -0.1) is 0 Å². The molecule has 130 valence electrons. The zero-order valence-corrected chi connectivity index (χ0v) is 14.5. The number of hydrogen-bond donors (Lipinski definition) is 1. The molecule has 3 fully saturated rings. The smallest absolute Gasteiger partial charge is 0.308 e. The normalized spacial score (nSPS) is 39.4. The Morgan fingerprint density at radius 1 is 1.30 bits per heavy atom. The highest BCUT2D eigenvalue weighted by atomic mass is 16.5. The van der Waals surface area contributed by atoms with Crippen LogP contribution in [0, 0.1) is 29.1 Å².